The molecule has 0 saturated carbocycles. The Labute approximate surface area is 137 Å². The Bertz CT molecular complexity index is 471. The number of amides is 1. The lowest BCUT2D eigenvalue weighted by atomic mass is 10.1. The van der Waals surface area contributed by atoms with Gasteiger partial charge >= 0.3 is 0 Å². The highest BCUT2D eigenvalue weighted by molar-refractivity contribution is 8.16. The molecule has 0 aromatic heterocycles. The van der Waals surface area contributed by atoms with E-state index in [1.807, 2.05) is 18.2 Å². The minimum Gasteiger partial charge on any atom is -0.353 e. The zero-order chi connectivity index (χ0) is 16.0. The number of hydrogen-bond donors (Lipinski definition) is 1. The summed E-state index contributed by atoms with van der Waals surface area (Å²) in [5.41, 5.74) is 0.643. The summed E-state index contributed by atoms with van der Waals surface area (Å²) in [6.45, 7) is 2.90. The fourth-order valence-electron chi connectivity index (χ4n) is 1.98. The molecule has 0 aliphatic carbocycles. The molecular weight excluding hydrogens is 294 g/mol. The van der Waals surface area contributed by atoms with Gasteiger partial charge in [-0.3, -0.25) is 9.59 Å². The van der Waals surface area contributed by atoms with Gasteiger partial charge in [-0.15, -0.1) is 0 Å². The van der Waals surface area contributed by atoms with Crippen LogP contribution < -0.4 is 5.32 Å². The van der Waals surface area contributed by atoms with Crippen LogP contribution in [0.3, 0.4) is 0 Å². The molecule has 120 valence electrons. The predicted molar refractivity (Wildman–Crippen MR) is 93.9 cm³/mol. The average Bonchev–Trinajstić information content (AvgIpc) is 2.54. The Morgan fingerprint density at radius 1 is 1.05 bits per heavy atom. The van der Waals surface area contributed by atoms with Crippen LogP contribution in [0.5, 0.6) is 0 Å². The fraction of sp³-hybridized carbons (Fsp3) is 0.444. The maximum Gasteiger partial charge on any atom is 0.244 e. The predicted octanol–water partition coefficient (Wildman–Crippen LogP) is 4.55. The Hall–Kier alpha value is -1.55. The van der Waals surface area contributed by atoms with Gasteiger partial charge < -0.3 is 5.32 Å². The van der Waals surface area contributed by atoms with Crippen molar-refractivity contribution in [3.8, 4) is 0 Å². The van der Waals surface area contributed by atoms with Gasteiger partial charge in [-0.25, -0.2) is 0 Å². The quantitative estimate of drug-likeness (QED) is 0.508. The van der Waals surface area contributed by atoms with Crippen molar-refractivity contribution in [3.63, 3.8) is 0 Å². The van der Waals surface area contributed by atoms with Gasteiger partial charge in [0.2, 0.25) is 11.0 Å². The first-order valence-corrected chi connectivity index (χ1v) is 8.82. The molecule has 1 rings (SSSR count). The third-order valence-corrected chi connectivity index (χ3v) is 3.96. The molecule has 0 unspecified atom stereocenters. The molecular formula is C18H25NO2S. The second-order valence-electron chi connectivity index (χ2n) is 5.13. The summed E-state index contributed by atoms with van der Waals surface area (Å²) < 4.78 is 0. The second-order valence-corrected chi connectivity index (χ2v) is 6.01. The third kappa shape index (κ3) is 8.67. The van der Waals surface area contributed by atoms with Gasteiger partial charge in [0.25, 0.3) is 0 Å². The monoisotopic (exact) mass is 319 g/mol. The van der Waals surface area contributed by atoms with Crippen LogP contribution in [-0.2, 0) is 4.79 Å². The molecule has 1 aromatic rings. The number of carbonyl (C=O) groups is 2. The van der Waals surface area contributed by atoms with Crippen LogP contribution in [0, 0.1) is 0 Å². The maximum absolute atomic E-state index is 11.8. The van der Waals surface area contributed by atoms with E-state index >= 15 is 0 Å². The van der Waals surface area contributed by atoms with Gasteiger partial charge in [0.05, 0.1) is 0 Å². The van der Waals surface area contributed by atoms with Crippen molar-refractivity contribution in [1.82, 2.24) is 5.32 Å². The molecule has 22 heavy (non-hydrogen) atoms. The van der Waals surface area contributed by atoms with Gasteiger partial charge in [-0.2, -0.15) is 0 Å². The van der Waals surface area contributed by atoms with Crippen molar-refractivity contribution in [2.75, 3.05) is 6.54 Å². The Morgan fingerprint density at radius 3 is 2.45 bits per heavy atom. The lowest BCUT2D eigenvalue weighted by Gasteiger charge is -2.02. The van der Waals surface area contributed by atoms with Gasteiger partial charge in [0.1, 0.15) is 0 Å². The summed E-state index contributed by atoms with van der Waals surface area (Å²) in [5, 5.41) is 4.33. The minimum atomic E-state index is -0.137. The molecule has 3 nitrogen and oxygen atoms in total. The molecule has 4 heteroatoms. The highest BCUT2D eigenvalue weighted by Gasteiger charge is 2.03. The van der Waals surface area contributed by atoms with E-state index in [9.17, 15) is 9.59 Å². The summed E-state index contributed by atoms with van der Waals surface area (Å²) in [5.74, 6) is -0.137. The molecule has 0 fully saturated rings. The SMILES string of the molecule is CCCCCCCCNC(=O)/C=C\SC(=O)c1ccccc1. The van der Waals surface area contributed by atoms with E-state index in [4.69, 9.17) is 0 Å². The van der Waals surface area contributed by atoms with Crippen LogP contribution in [-0.4, -0.2) is 17.6 Å². The number of unbranched alkanes of at least 4 members (excludes halogenated alkanes) is 5. The first-order chi connectivity index (χ1) is 10.7. The van der Waals surface area contributed by atoms with E-state index in [2.05, 4.69) is 12.2 Å². The van der Waals surface area contributed by atoms with Crippen molar-refractivity contribution < 1.29 is 9.59 Å². The minimum absolute atomic E-state index is 0.0550. The molecule has 1 amide bonds. The van der Waals surface area contributed by atoms with Crippen LogP contribution >= 0.6 is 11.8 Å². The largest absolute Gasteiger partial charge is 0.353 e. The molecule has 0 radical (unpaired) electrons. The topological polar surface area (TPSA) is 46.2 Å². The molecule has 0 aliphatic rings. The van der Waals surface area contributed by atoms with Crippen molar-refractivity contribution in [2.24, 2.45) is 0 Å². The molecule has 1 N–H and O–H groups in total. The van der Waals surface area contributed by atoms with Gasteiger partial charge in [0, 0.05) is 18.2 Å². The summed E-state index contributed by atoms with van der Waals surface area (Å²) in [6.07, 6.45) is 8.65. The van der Waals surface area contributed by atoms with E-state index in [0.717, 1.165) is 24.6 Å². The van der Waals surface area contributed by atoms with E-state index in [0.29, 0.717) is 12.1 Å². The van der Waals surface area contributed by atoms with Crippen molar-refractivity contribution >= 4 is 22.8 Å². The van der Waals surface area contributed by atoms with E-state index in [-0.39, 0.29) is 11.0 Å². The fourth-order valence-corrected chi connectivity index (χ4v) is 2.56. The first kappa shape index (κ1) is 18.5. The third-order valence-electron chi connectivity index (χ3n) is 3.23. The Morgan fingerprint density at radius 2 is 1.73 bits per heavy atom. The van der Waals surface area contributed by atoms with Gasteiger partial charge in [-0.05, 0) is 11.8 Å². The van der Waals surface area contributed by atoms with E-state index in [1.54, 1.807) is 17.5 Å². The average molecular weight is 319 g/mol. The molecule has 0 spiro atoms. The number of benzene rings is 1. The highest BCUT2D eigenvalue weighted by Crippen LogP contribution is 2.12. The van der Waals surface area contributed by atoms with Crippen LogP contribution in [0.25, 0.3) is 0 Å². The zero-order valence-corrected chi connectivity index (χ0v) is 14.0. The van der Waals surface area contributed by atoms with Gasteiger partial charge in [0.15, 0.2) is 0 Å². The van der Waals surface area contributed by atoms with E-state index in [1.165, 1.54) is 31.8 Å². The van der Waals surface area contributed by atoms with Crippen LogP contribution in [0.4, 0.5) is 0 Å². The lowest BCUT2D eigenvalue weighted by molar-refractivity contribution is -0.116. The standard InChI is InChI=1S/C18H25NO2S/c1-2-3-4-5-6-10-14-19-17(20)13-15-22-18(21)16-11-8-7-9-12-16/h7-9,11-13,15H,2-6,10,14H2,1H3,(H,19,20)/b15-13-. The normalized spacial score (nSPS) is 10.8. The summed E-state index contributed by atoms with van der Waals surface area (Å²) in [6, 6.07) is 9.05. The summed E-state index contributed by atoms with van der Waals surface area (Å²) in [7, 11) is 0. The lowest BCUT2D eigenvalue weighted by Crippen LogP contribution is -2.21. The first-order valence-electron chi connectivity index (χ1n) is 7.94. The van der Waals surface area contributed by atoms with Crippen molar-refractivity contribution in [1.29, 1.82) is 0 Å². The summed E-state index contributed by atoms with van der Waals surface area (Å²) >= 11 is 1.03. The number of rotatable bonds is 10. The smallest absolute Gasteiger partial charge is 0.244 e. The Kier molecular flexibility index (Phi) is 10.1. The number of nitrogens with one attached hydrogen (secondary N) is 1. The second kappa shape index (κ2) is 12.0. The number of carbonyl (C=O) groups excluding carboxylic acids is 2. The molecule has 0 atom stereocenters. The zero-order valence-electron chi connectivity index (χ0n) is 13.2. The molecule has 0 saturated heterocycles. The van der Waals surface area contributed by atoms with Crippen LogP contribution in [0.2, 0.25) is 0 Å². The van der Waals surface area contributed by atoms with Gasteiger partial charge in [-0.1, -0.05) is 81.1 Å². The van der Waals surface area contributed by atoms with E-state index < -0.39 is 0 Å². The number of hydrogen-bond acceptors (Lipinski definition) is 3. The molecule has 0 bridgehead atoms. The molecule has 0 aliphatic heterocycles. The van der Waals surface area contributed by atoms with Crippen molar-refractivity contribution in [3.05, 3.63) is 47.4 Å². The van der Waals surface area contributed by atoms with Crippen LogP contribution in [0.1, 0.15) is 55.8 Å². The van der Waals surface area contributed by atoms with Crippen LogP contribution in [0.15, 0.2) is 41.8 Å². The summed E-state index contributed by atoms with van der Waals surface area (Å²) in [4.78, 5) is 23.4. The maximum atomic E-state index is 11.8. The highest BCUT2D eigenvalue weighted by atomic mass is 32.2. The number of thioether (sulfide) groups is 1. The van der Waals surface area contributed by atoms with Crippen molar-refractivity contribution in [2.45, 2.75) is 45.4 Å². The Balaban J connectivity index is 2.10. The molecule has 0 heterocycles. The molecule has 1 aromatic carbocycles.